The number of benzene rings is 9. The zero-order valence-corrected chi connectivity index (χ0v) is 33.0. The van der Waals surface area contributed by atoms with E-state index in [4.69, 9.17) is 4.42 Å². The number of hydrogen-bond acceptors (Lipinski definition) is 2. The van der Waals surface area contributed by atoms with Crippen LogP contribution in [0.1, 0.15) is 31.9 Å². The standard InChI is InChI=1S/C55H40N2O/c1-33-17-20-38(55(2,3)4)31-52(33)56(41-23-24-45-44-13-7-10-16-53(44)58-54(45)32-41)39-21-18-34-27-46-47-28-35-19-22-40(26-37(35)30-49(47)48(46)29-36(34)25-39)57-50-14-8-5-11-42(50)43-12-6-9-15-51(43)57/h5-32H,1-4H3. The molecule has 1 aliphatic carbocycles. The van der Waals surface area contributed by atoms with Gasteiger partial charge in [0.05, 0.1) is 11.0 Å². The Morgan fingerprint density at radius 3 is 1.69 bits per heavy atom. The van der Waals surface area contributed by atoms with Gasteiger partial charge < -0.3 is 13.9 Å². The SMILES string of the molecule is Cc1ccc(C(C)(C)C)cc1N(c1ccc2cc3c(cc2c1)-c1cc2cc(-n4c5ccccc5c5ccccc54)ccc2cc1-3)c1ccc2c(c1)oc1ccccc12. The van der Waals surface area contributed by atoms with Crippen molar-refractivity contribution in [3.05, 3.63) is 181 Å². The predicted octanol–water partition coefficient (Wildman–Crippen LogP) is 15.7. The minimum Gasteiger partial charge on any atom is -0.456 e. The van der Waals surface area contributed by atoms with E-state index in [1.807, 2.05) is 6.07 Å². The van der Waals surface area contributed by atoms with E-state index in [9.17, 15) is 0 Å². The van der Waals surface area contributed by atoms with Crippen LogP contribution in [0.4, 0.5) is 17.1 Å². The van der Waals surface area contributed by atoms with Gasteiger partial charge in [0.15, 0.2) is 0 Å². The summed E-state index contributed by atoms with van der Waals surface area (Å²) in [6, 6.07) is 62.7. The Bertz CT molecular complexity index is 3470. The third-order valence-electron chi connectivity index (χ3n) is 12.5. The molecule has 12 rings (SSSR count). The van der Waals surface area contributed by atoms with Crippen molar-refractivity contribution in [1.82, 2.24) is 4.57 Å². The first-order valence-corrected chi connectivity index (χ1v) is 20.2. The van der Waals surface area contributed by atoms with E-state index in [0.717, 1.165) is 33.3 Å². The molecule has 0 amide bonds. The Kier molecular flexibility index (Phi) is 6.82. The number of nitrogens with zero attached hydrogens (tertiary/aromatic N) is 2. The maximum atomic E-state index is 6.43. The first-order chi connectivity index (χ1) is 28.3. The second kappa shape index (κ2) is 12.0. The fourth-order valence-electron chi connectivity index (χ4n) is 9.48. The highest BCUT2D eigenvalue weighted by Gasteiger charge is 2.26. The molecule has 0 aliphatic heterocycles. The molecule has 58 heavy (non-hydrogen) atoms. The van der Waals surface area contributed by atoms with E-state index in [0.29, 0.717) is 0 Å². The minimum atomic E-state index is 0.00425. The number of hydrogen-bond donors (Lipinski definition) is 0. The smallest absolute Gasteiger partial charge is 0.137 e. The molecular formula is C55H40N2O. The monoisotopic (exact) mass is 744 g/mol. The van der Waals surface area contributed by atoms with Crippen LogP contribution in [0.25, 0.3) is 93.2 Å². The van der Waals surface area contributed by atoms with Gasteiger partial charge in [-0.2, -0.15) is 0 Å². The minimum absolute atomic E-state index is 0.00425. The van der Waals surface area contributed by atoms with Crippen LogP contribution in [0.15, 0.2) is 174 Å². The van der Waals surface area contributed by atoms with Gasteiger partial charge >= 0.3 is 0 Å². The third kappa shape index (κ3) is 4.86. The highest BCUT2D eigenvalue weighted by molar-refractivity contribution is 6.13. The van der Waals surface area contributed by atoms with Gasteiger partial charge in [0.25, 0.3) is 0 Å². The first-order valence-electron chi connectivity index (χ1n) is 20.2. The lowest BCUT2D eigenvalue weighted by Gasteiger charge is -2.30. The second-order valence-corrected chi connectivity index (χ2v) is 17.1. The van der Waals surface area contributed by atoms with Gasteiger partial charge in [-0.15, -0.1) is 0 Å². The number of aromatic nitrogens is 1. The van der Waals surface area contributed by atoms with Crippen molar-refractivity contribution < 1.29 is 4.42 Å². The summed E-state index contributed by atoms with van der Waals surface area (Å²) in [5.74, 6) is 0. The van der Waals surface area contributed by atoms with Crippen LogP contribution < -0.4 is 4.90 Å². The molecule has 0 radical (unpaired) electrons. The number of aryl methyl sites for hydroxylation is 1. The number of fused-ring (bicyclic) bond motifs is 12. The van der Waals surface area contributed by atoms with Crippen LogP contribution in [0.2, 0.25) is 0 Å². The molecule has 0 fully saturated rings. The van der Waals surface area contributed by atoms with Gasteiger partial charge in [-0.25, -0.2) is 0 Å². The van der Waals surface area contributed by atoms with E-state index in [-0.39, 0.29) is 5.41 Å². The molecule has 11 aromatic rings. The maximum Gasteiger partial charge on any atom is 0.137 e. The largest absolute Gasteiger partial charge is 0.456 e. The van der Waals surface area contributed by atoms with Crippen molar-refractivity contribution in [2.24, 2.45) is 0 Å². The summed E-state index contributed by atoms with van der Waals surface area (Å²) >= 11 is 0. The number of anilines is 3. The van der Waals surface area contributed by atoms with E-state index in [1.165, 1.54) is 88.1 Å². The van der Waals surface area contributed by atoms with Gasteiger partial charge in [0.1, 0.15) is 11.2 Å². The van der Waals surface area contributed by atoms with Crippen LogP contribution in [0.5, 0.6) is 0 Å². The molecule has 0 N–H and O–H groups in total. The first kappa shape index (κ1) is 33.1. The summed E-state index contributed by atoms with van der Waals surface area (Å²) in [5, 5.41) is 9.80. The van der Waals surface area contributed by atoms with Gasteiger partial charge in [-0.3, -0.25) is 0 Å². The normalized spacial score (nSPS) is 12.5. The summed E-state index contributed by atoms with van der Waals surface area (Å²) < 4.78 is 8.84. The van der Waals surface area contributed by atoms with E-state index in [1.54, 1.807) is 0 Å². The fraction of sp³-hybridized carbons (Fsp3) is 0.0909. The molecule has 3 heteroatoms. The summed E-state index contributed by atoms with van der Waals surface area (Å²) in [6.45, 7) is 9.07. The van der Waals surface area contributed by atoms with Crippen LogP contribution in [0, 0.1) is 6.92 Å². The lowest BCUT2D eigenvalue weighted by Crippen LogP contribution is -2.15. The van der Waals surface area contributed by atoms with Crippen molar-refractivity contribution in [3.8, 4) is 27.9 Å². The van der Waals surface area contributed by atoms with Gasteiger partial charge in [-0.05, 0) is 152 Å². The molecular weight excluding hydrogens is 705 g/mol. The van der Waals surface area contributed by atoms with Crippen molar-refractivity contribution in [2.45, 2.75) is 33.1 Å². The molecule has 0 saturated carbocycles. The molecule has 3 nitrogen and oxygen atoms in total. The van der Waals surface area contributed by atoms with E-state index in [2.05, 4.69) is 201 Å². The molecule has 2 heterocycles. The summed E-state index contributed by atoms with van der Waals surface area (Å²) in [7, 11) is 0. The Balaban J connectivity index is 0.991. The second-order valence-electron chi connectivity index (χ2n) is 17.1. The van der Waals surface area contributed by atoms with Crippen molar-refractivity contribution in [3.63, 3.8) is 0 Å². The Morgan fingerprint density at radius 2 is 1.00 bits per heavy atom. The Morgan fingerprint density at radius 1 is 0.448 bits per heavy atom. The number of para-hydroxylation sites is 3. The van der Waals surface area contributed by atoms with Crippen molar-refractivity contribution >= 4 is 82.4 Å². The van der Waals surface area contributed by atoms with Crippen LogP contribution in [-0.4, -0.2) is 4.57 Å². The molecule has 9 aromatic carbocycles. The van der Waals surface area contributed by atoms with Crippen LogP contribution in [0.3, 0.4) is 0 Å². The van der Waals surface area contributed by atoms with Crippen molar-refractivity contribution in [1.29, 1.82) is 0 Å². The topological polar surface area (TPSA) is 21.3 Å². The van der Waals surface area contributed by atoms with Crippen LogP contribution in [-0.2, 0) is 5.41 Å². The lowest BCUT2D eigenvalue weighted by atomic mass is 9.78. The van der Waals surface area contributed by atoms with Gasteiger partial charge in [-0.1, -0.05) is 99.6 Å². The van der Waals surface area contributed by atoms with Gasteiger partial charge in [0.2, 0.25) is 0 Å². The van der Waals surface area contributed by atoms with E-state index >= 15 is 0 Å². The van der Waals surface area contributed by atoms with E-state index < -0.39 is 0 Å². The molecule has 0 bridgehead atoms. The molecule has 0 atom stereocenters. The highest BCUT2D eigenvalue weighted by atomic mass is 16.3. The molecule has 2 aromatic heterocycles. The van der Waals surface area contributed by atoms with Gasteiger partial charge in [0, 0.05) is 50.4 Å². The average molecular weight is 745 g/mol. The zero-order chi connectivity index (χ0) is 38.9. The molecule has 0 unspecified atom stereocenters. The molecule has 276 valence electrons. The van der Waals surface area contributed by atoms with Crippen molar-refractivity contribution in [2.75, 3.05) is 4.90 Å². The summed E-state index contributed by atoms with van der Waals surface area (Å²) in [5.41, 5.74) is 16.6. The zero-order valence-electron chi connectivity index (χ0n) is 33.0. The molecule has 0 saturated heterocycles. The number of furan rings is 1. The Labute approximate surface area is 337 Å². The third-order valence-corrected chi connectivity index (χ3v) is 12.5. The average Bonchev–Trinajstić information content (AvgIpc) is 3.78. The number of rotatable bonds is 4. The lowest BCUT2D eigenvalue weighted by molar-refractivity contribution is 0.590. The summed E-state index contributed by atoms with van der Waals surface area (Å²) in [6.07, 6.45) is 0. The predicted molar refractivity (Wildman–Crippen MR) is 246 cm³/mol. The van der Waals surface area contributed by atoms with Crippen LogP contribution >= 0.6 is 0 Å². The highest BCUT2D eigenvalue weighted by Crippen LogP contribution is 2.51. The summed E-state index contributed by atoms with van der Waals surface area (Å²) in [4.78, 5) is 2.41. The maximum absolute atomic E-state index is 6.43. The quantitative estimate of drug-likeness (QED) is 0.179. The fourth-order valence-corrected chi connectivity index (χ4v) is 9.48. The molecule has 1 aliphatic rings. The Hall–Kier alpha value is -7.10. The molecule has 0 spiro atoms.